The summed E-state index contributed by atoms with van der Waals surface area (Å²) in [4.78, 5) is 9.81. The summed E-state index contributed by atoms with van der Waals surface area (Å²) in [5.41, 5.74) is 0. The highest BCUT2D eigenvalue weighted by Crippen LogP contribution is 2.20. The van der Waals surface area contributed by atoms with Gasteiger partial charge in [-0.2, -0.15) is 21.6 Å². The van der Waals surface area contributed by atoms with Crippen LogP contribution in [0.4, 0.5) is 13.2 Å². The molecule has 88 valence electrons. The number of halogens is 3. The Morgan fingerprint density at radius 3 is 2.06 bits per heavy atom. The quantitative estimate of drug-likeness (QED) is 0.750. The second-order valence-corrected chi connectivity index (χ2v) is 4.18. The lowest BCUT2D eigenvalue weighted by molar-refractivity contribution is -0.189. The number of benzene rings is 1. The molecule has 0 heterocycles. The van der Waals surface area contributed by atoms with E-state index in [0.717, 1.165) is 12.1 Å². The third-order valence-electron chi connectivity index (χ3n) is 1.45. The number of carbonyl (C=O) groups excluding carboxylic acids is 1. The monoisotopic (exact) mass is 254 g/mol. The summed E-state index contributed by atoms with van der Waals surface area (Å²) in [5.74, 6) is -2.77. The summed E-state index contributed by atoms with van der Waals surface area (Å²) in [6, 6.07) is 6.06. The Bertz CT molecular complexity index is 478. The van der Waals surface area contributed by atoms with Gasteiger partial charge < -0.3 is 4.18 Å². The lowest BCUT2D eigenvalue weighted by Gasteiger charge is -2.07. The normalized spacial score (nSPS) is 12.2. The van der Waals surface area contributed by atoms with Gasteiger partial charge in [0.05, 0.1) is 0 Å². The number of carbonyl (C=O) groups is 1. The number of hydrogen-bond donors (Lipinski definition) is 0. The largest absolute Gasteiger partial charge is 0.492 e. The Morgan fingerprint density at radius 2 is 1.62 bits per heavy atom. The minimum absolute atomic E-state index is 0.521. The molecule has 0 atom stereocenters. The summed E-state index contributed by atoms with van der Waals surface area (Å²) in [7, 11) is -4.71. The van der Waals surface area contributed by atoms with E-state index in [0.29, 0.717) is 0 Å². The van der Waals surface area contributed by atoms with E-state index < -0.39 is 27.2 Å². The third kappa shape index (κ3) is 2.96. The van der Waals surface area contributed by atoms with Gasteiger partial charge >= 0.3 is 22.3 Å². The van der Waals surface area contributed by atoms with Gasteiger partial charge in [0, 0.05) is 0 Å². The molecule has 0 saturated heterocycles. The van der Waals surface area contributed by atoms with Crippen molar-refractivity contribution in [3.8, 4) is 0 Å². The molecule has 0 unspecified atom stereocenters. The molecule has 1 aromatic rings. The maximum Gasteiger partial charge on any atom is 0.492 e. The average Bonchev–Trinajstić information content (AvgIpc) is 2.17. The highest BCUT2D eigenvalue weighted by molar-refractivity contribution is 7.87. The van der Waals surface area contributed by atoms with Crippen LogP contribution in [-0.4, -0.2) is 20.6 Å². The van der Waals surface area contributed by atoms with Gasteiger partial charge in [0.2, 0.25) is 0 Å². The van der Waals surface area contributed by atoms with Crippen LogP contribution in [0.15, 0.2) is 35.2 Å². The smallest absolute Gasteiger partial charge is 0.334 e. The molecule has 1 aromatic carbocycles. The molecule has 0 N–H and O–H groups in total. The van der Waals surface area contributed by atoms with Gasteiger partial charge in [-0.25, -0.2) is 4.79 Å². The van der Waals surface area contributed by atoms with Crippen LogP contribution >= 0.6 is 0 Å². The van der Waals surface area contributed by atoms with Crippen LogP contribution < -0.4 is 0 Å². The fourth-order valence-electron chi connectivity index (χ4n) is 0.782. The molecule has 0 radical (unpaired) electrons. The van der Waals surface area contributed by atoms with Crippen LogP contribution in [0.25, 0.3) is 0 Å². The van der Waals surface area contributed by atoms with Crippen molar-refractivity contribution in [3.05, 3.63) is 30.3 Å². The fourth-order valence-corrected chi connectivity index (χ4v) is 1.66. The van der Waals surface area contributed by atoms with Crippen molar-refractivity contribution in [3.63, 3.8) is 0 Å². The first-order chi connectivity index (χ1) is 7.23. The van der Waals surface area contributed by atoms with Crippen molar-refractivity contribution in [1.29, 1.82) is 0 Å². The summed E-state index contributed by atoms with van der Waals surface area (Å²) in [6.07, 6.45) is -5.35. The van der Waals surface area contributed by atoms with Crippen LogP contribution in [0.2, 0.25) is 0 Å². The van der Waals surface area contributed by atoms with Gasteiger partial charge in [-0.15, -0.1) is 0 Å². The molecule has 0 spiro atoms. The van der Waals surface area contributed by atoms with Crippen LogP contribution in [0.1, 0.15) is 0 Å². The lowest BCUT2D eigenvalue weighted by atomic mass is 10.4. The van der Waals surface area contributed by atoms with Crippen LogP contribution in [0.5, 0.6) is 0 Å². The average molecular weight is 254 g/mol. The van der Waals surface area contributed by atoms with E-state index in [1.165, 1.54) is 18.2 Å². The maximum atomic E-state index is 11.8. The molecule has 0 aliphatic carbocycles. The van der Waals surface area contributed by atoms with Gasteiger partial charge in [0.25, 0.3) is 0 Å². The Kier molecular flexibility index (Phi) is 3.22. The topological polar surface area (TPSA) is 60.4 Å². The van der Waals surface area contributed by atoms with Gasteiger partial charge in [0.1, 0.15) is 4.90 Å². The second-order valence-electron chi connectivity index (χ2n) is 2.64. The molecule has 1 rings (SSSR count). The molecule has 0 aliphatic heterocycles. The van der Waals surface area contributed by atoms with E-state index in [1.807, 2.05) is 0 Å². The van der Waals surface area contributed by atoms with E-state index in [2.05, 4.69) is 4.18 Å². The van der Waals surface area contributed by atoms with Crippen molar-refractivity contribution in [2.75, 3.05) is 0 Å². The number of alkyl halides is 3. The lowest BCUT2D eigenvalue weighted by Crippen LogP contribution is -2.28. The Hall–Kier alpha value is -1.57. The van der Waals surface area contributed by atoms with Crippen molar-refractivity contribution in [2.45, 2.75) is 11.1 Å². The van der Waals surface area contributed by atoms with E-state index in [1.54, 1.807) is 0 Å². The molecular weight excluding hydrogens is 249 g/mol. The summed E-state index contributed by atoms with van der Waals surface area (Å²) < 4.78 is 61.0. The molecule has 0 amide bonds. The highest BCUT2D eigenvalue weighted by atomic mass is 32.2. The fraction of sp³-hybridized carbons (Fsp3) is 0.125. The molecule has 16 heavy (non-hydrogen) atoms. The van der Waals surface area contributed by atoms with Gasteiger partial charge in [-0.3, -0.25) is 0 Å². The van der Waals surface area contributed by atoms with E-state index in [9.17, 15) is 26.4 Å². The molecule has 4 nitrogen and oxygen atoms in total. The van der Waals surface area contributed by atoms with Gasteiger partial charge in [-0.1, -0.05) is 18.2 Å². The first-order valence-corrected chi connectivity index (χ1v) is 5.25. The molecule has 0 aromatic heterocycles. The molecule has 0 aliphatic rings. The first kappa shape index (κ1) is 12.5. The standard InChI is InChI=1S/C8H5F3O4S/c9-8(10,11)7(12)15-16(13,14)6-4-2-1-3-5-6/h1-5H. The minimum atomic E-state index is -5.35. The van der Waals surface area contributed by atoms with Gasteiger partial charge in [-0.05, 0) is 12.1 Å². The summed E-state index contributed by atoms with van der Waals surface area (Å²) in [5, 5.41) is 0. The van der Waals surface area contributed by atoms with E-state index in [-0.39, 0.29) is 0 Å². The summed E-state index contributed by atoms with van der Waals surface area (Å²) >= 11 is 0. The van der Waals surface area contributed by atoms with Crippen LogP contribution in [0.3, 0.4) is 0 Å². The predicted molar refractivity (Wildman–Crippen MR) is 45.8 cm³/mol. The number of rotatable bonds is 2. The number of hydrogen-bond acceptors (Lipinski definition) is 4. The molecule has 0 saturated carbocycles. The predicted octanol–water partition coefficient (Wildman–Crippen LogP) is 1.48. The van der Waals surface area contributed by atoms with Crippen molar-refractivity contribution in [2.24, 2.45) is 0 Å². The summed E-state index contributed by atoms with van der Waals surface area (Å²) in [6.45, 7) is 0. The first-order valence-electron chi connectivity index (χ1n) is 3.84. The molecule has 0 bridgehead atoms. The van der Waals surface area contributed by atoms with Crippen LogP contribution in [0, 0.1) is 0 Å². The molecule has 0 fully saturated rings. The zero-order chi connectivity index (χ0) is 12.4. The Morgan fingerprint density at radius 1 is 1.12 bits per heavy atom. The van der Waals surface area contributed by atoms with E-state index >= 15 is 0 Å². The highest BCUT2D eigenvalue weighted by Gasteiger charge is 2.44. The second kappa shape index (κ2) is 4.12. The van der Waals surface area contributed by atoms with Crippen molar-refractivity contribution in [1.82, 2.24) is 0 Å². The molecular formula is C8H5F3O4S. The Balaban J connectivity index is 2.95. The van der Waals surface area contributed by atoms with Crippen LogP contribution in [-0.2, 0) is 19.1 Å². The zero-order valence-electron chi connectivity index (χ0n) is 7.56. The SMILES string of the molecule is O=C(OS(=O)(=O)c1ccccc1)C(F)(F)F. The third-order valence-corrected chi connectivity index (χ3v) is 2.67. The Labute approximate surface area is 88.8 Å². The zero-order valence-corrected chi connectivity index (χ0v) is 8.38. The van der Waals surface area contributed by atoms with Gasteiger partial charge in [0.15, 0.2) is 0 Å². The van der Waals surface area contributed by atoms with E-state index in [4.69, 9.17) is 0 Å². The van der Waals surface area contributed by atoms with Crippen molar-refractivity contribution >= 4 is 16.1 Å². The van der Waals surface area contributed by atoms with Crippen molar-refractivity contribution < 1.29 is 30.6 Å². The maximum absolute atomic E-state index is 11.8. The minimum Gasteiger partial charge on any atom is -0.334 e. The molecule has 8 heteroatoms.